The maximum absolute atomic E-state index is 9.63. The first-order valence-corrected chi connectivity index (χ1v) is 4.70. The van der Waals surface area contributed by atoms with Gasteiger partial charge in [-0.3, -0.25) is 0 Å². The van der Waals surface area contributed by atoms with Gasteiger partial charge in [0.05, 0.1) is 20.3 Å². The summed E-state index contributed by atoms with van der Waals surface area (Å²) in [7, 11) is 2.97. The van der Waals surface area contributed by atoms with Crippen molar-refractivity contribution in [3.05, 3.63) is 17.7 Å². The van der Waals surface area contributed by atoms with Crippen LogP contribution >= 0.6 is 0 Å². The Labute approximate surface area is 89.1 Å². The van der Waals surface area contributed by atoms with E-state index in [0.717, 1.165) is 5.56 Å². The second-order valence-electron chi connectivity index (χ2n) is 3.40. The monoisotopic (exact) mass is 212 g/mol. The van der Waals surface area contributed by atoms with Gasteiger partial charge in [-0.25, -0.2) is 0 Å². The van der Waals surface area contributed by atoms with Crippen LogP contribution in [0.25, 0.3) is 0 Å². The second kappa shape index (κ2) is 4.89. The van der Waals surface area contributed by atoms with Crippen molar-refractivity contribution in [3.8, 4) is 17.2 Å². The Morgan fingerprint density at radius 1 is 1.27 bits per heavy atom. The van der Waals surface area contributed by atoms with Gasteiger partial charge in [0.15, 0.2) is 11.5 Å². The summed E-state index contributed by atoms with van der Waals surface area (Å²) < 4.78 is 10.1. The first kappa shape index (κ1) is 11.7. The normalized spacial score (nSPS) is 12.3. The van der Waals surface area contributed by atoms with E-state index in [9.17, 15) is 10.2 Å². The Bertz CT molecular complexity index is 334. The standard InChI is InChI=1S/C11H16O4/c1-7(12)4-8-5-9(13)11(15-3)10(6-8)14-2/h5-7,12-13H,4H2,1-3H3. The fourth-order valence-electron chi connectivity index (χ4n) is 1.46. The number of ether oxygens (including phenoxy) is 2. The Morgan fingerprint density at radius 3 is 2.40 bits per heavy atom. The lowest BCUT2D eigenvalue weighted by molar-refractivity contribution is 0.195. The van der Waals surface area contributed by atoms with E-state index in [1.807, 2.05) is 0 Å². The molecule has 1 unspecified atom stereocenters. The quantitative estimate of drug-likeness (QED) is 0.790. The molecule has 0 saturated heterocycles. The van der Waals surface area contributed by atoms with Crippen molar-refractivity contribution in [2.45, 2.75) is 19.4 Å². The summed E-state index contributed by atoms with van der Waals surface area (Å²) in [6.45, 7) is 1.69. The summed E-state index contributed by atoms with van der Waals surface area (Å²) in [4.78, 5) is 0. The molecular weight excluding hydrogens is 196 g/mol. The molecule has 0 aliphatic rings. The molecule has 84 valence electrons. The van der Waals surface area contributed by atoms with Crippen molar-refractivity contribution < 1.29 is 19.7 Å². The molecule has 2 N–H and O–H groups in total. The van der Waals surface area contributed by atoms with E-state index in [-0.39, 0.29) is 5.75 Å². The van der Waals surface area contributed by atoms with Gasteiger partial charge in [-0.15, -0.1) is 0 Å². The molecule has 0 aliphatic heterocycles. The first-order chi connectivity index (χ1) is 7.08. The van der Waals surface area contributed by atoms with Crippen molar-refractivity contribution in [1.29, 1.82) is 0 Å². The van der Waals surface area contributed by atoms with Crippen LogP contribution < -0.4 is 9.47 Å². The molecule has 1 aromatic carbocycles. The third-order valence-electron chi connectivity index (χ3n) is 2.05. The van der Waals surface area contributed by atoms with Gasteiger partial charge in [0.2, 0.25) is 5.75 Å². The van der Waals surface area contributed by atoms with Crippen LogP contribution in [0.4, 0.5) is 0 Å². The van der Waals surface area contributed by atoms with E-state index in [4.69, 9.17) is 9.47 Å². The summed E-state index contributed by atoms with van der Waals surface area (Å²) in [5.74, 6) is 0.799. The highest BCUT2D eigenvalue weighted by Crippen LogP contribution is 2.37. The predicted octanol–water partition coefficient (Wildman–Crippen LogP) is 1.33. The Morgan fingerprint density at radius 2 is 1.93 bits per heavy atom. The van der Waals surface area contributed by atoms with Crippen LogP contribution in [0.15, 0.2) is 12.1 Å². The number of aromatic hydroxyl groups is 1. The van der Waals surface area contributed by atoms with Crippen LogP contribution in [0.3, 0.4) is 0 Å². The molecule has 0 fully saturated rings. The van der Waals surface area contributed by atoms with E-state index in [2.05, 4.69) is 0 Å². The summed E-state index contributed by atoms with van der Waals surface area (Å²) in [6, 6.07) is 3.30. The highest BCUT2D eigenvalue weighted by molar-refractivity contribution is 5.53. The Kier molecular flexibility index (Phi) is 3.80. The number of phenols is 1. The maximum Gasteiger partial charge on any atom is 0.203 e. The van der Waals surface area contributed by atoms with Gasteiger partial charge in [-0.05, 0) is 31.0 Å². The lowest BCUT2D eigenvalue weighted by Crippen LogP contribution is -2.04. The van der Waals surface area contributed by atoms with Crippen LogP contribution in [0.2, 0.25) is 0 Å². The Balaban J connectivity index is 3.08. The summed E-state index contributed by atoms with van der Waals surface area (Å²) in [6.07, 6.45) is 0.0102. The zero-order valence-electron chi connectivity index (χ0n) is 9.15. The van der Waals surface area contributed by atoms with Gasteiger partial charge >= 0.3 is 0 Å². The molecule has 1 aromatic rings. The first-order valence-electron chi connectivity index (χ1n) is 4.70. The fourth-order valence-corrected chi connectivity index (χ4v) is 1.46. The lowest BCUT2D eigenvalue weighted by atomic mass is 10.1. The second-order valence-corrected chi connectivity index (χ2v) is 3.40. The van der Waals surface area contributed by atoms with Gasteiger partial charge < -0.3 is 19.7 Å². The number of rotatable bonds is 4. The van der Waals surface area contributed by atoms with Crippen LogP contribution in [0.1, 0.15) is 12.5 Å². The maximum atomic E-state index is 9.63. The summed E-state index contributed by atoms with van der Waals surface area (Å²) in [5.41, 5.74) is 0.806. The molecule has 0 bridgehead atoms. The number of hydrogen-bond acceptors (Lipinski definition) is 4. The number of hydrogen-bond donors (Lipinski definition) is 2. The number of aliphatic hydroxyl groups is 1. The Hall–Kier alpha value is -1.42. The smallest absolute Gasteiger partial charge is 0.203 e. The van der Waals surface area contributed by atoms with Crippen LogP contribution in [-0.4, -0.2) is 30.5 Å². The number of benzene rings is 1. The number of phenolic OH excluding ortho intramolecular Hbond substituents is 1. The molecule has 4 nitrogen and oxygen atoms in total. The fraction of sp³-hybridized carbons (Fsp3) is 0.455. The molecule has 15 heavy (non-hydrogen) atoms. The zero-order valence-corrected chi connectivity index (χ0v) is 9.15. The highest BCUT2D eigenvalue weighted by Gasteiger charge is 2.12. The van der Waals surface area contributed by atoms with E-state index >= 15 is 0 Å². The number of methoxy groups -OCH3 is 2. The molecule has 4 heteroatoms. The van der Waals surface area contributed by atoms with E-state index in [0.29, 0.717) is 17.9 Å². The van der Waals surface area contributed by atoms with Crippen LogP contribution in [0, 0.1) is 0 Å². The molecule has 1 rings (SSSR count). The van der Waals surface area contributed by atoms with E-state index in [1.165, 1.54) is 14.2 Å². The topological polar surface area (TPSA) is 58.9 Å². The average Bonchev–Trinajstić information content (AvgIpc) is 2.15. The molecule has 0 saturated carbocycles. The molecule has 0 amide bonds. The molecule has 0 aliphatic carbocycles. The average molecular weight is 212 g/mol. The highest BCUT2D eigenvalue weighted by atomic mass is 16.5. The number of aliphatic hydroxyl groups excluding tert-OH is 1. The van der Waals surface area contributed by atoms with Crippen molar-refractivity contribution >= 4 is 0 Å². The van der Waals surface area contributed by atoms with Crippen molar-refractivity contribution in [3.63, 3.8) is 0 Å². The summed E-state index contributed by atoms with van der Waals surface area (Å²) >= 11 is 0. The van der Waals surface area contributed by atoms with E-state index in [1.54, 1.807) is 19.1 Å². The third kappa shape index (κ3) is 2.76. The largest absolute Gasteiger partial charge is 0.504 e. The van der Waals surface area contributed by atoms with Crippen molar-refractivity contribution in [2.75, 3.05) is 14.2 Å². The van der Waals surface area contributed by atoms with Crippen molar-refractivity contribution in [1.82, 2.24) is 0 Å². The molecule has 0 spiro atoms. The molecule has 0 radical (unpaired) electrons. The van der Waals surface area contributed by atoms with Gasteiger partial charge in [-0.2, -0.15) is 0 Å². The zero-order chi connectivity index (χ0) is 11.4. The van der Waals surface area contributed by atoms with Gasteiger partial charge in [0.1, 0.15) is 0 Å². The minimum Gasteiger partial charge on any atom is -0.504 e. The van der Waals surface area contributed by atoms with Gasteiger partial charge in [0, 0.05) is 0 Å². The minimum absolute atomic E-state index is 0.0208. The SMILES string of the molecule is COc1cc(CC(C)O)cc(O)c1OC. The predicted molar refractivity (Wildman–Crippen MR) is 56.6 cm³/mol. The van der Waals surface area contributed by atoms with Gasteiger partial charge in [-0.1, -0.05) is 0 Å². The van der Waals surface area contributed by atoms with Gasteiger partial charge in [0.25, 0.3) is 0 Å². The van der Waals surface area contributed by atoms with Crippen LogP contribution in [0.5, 0.6) is 17.2 Å². The molecule has 0 heterocycles. The minimum atomic E-state index is -0.456. The molecular formula is C11H16O4. The van der Waals surface area contributed by atoms with Crippen molar-refractivity contribution in [2.24, 2.45) is 0 Å². The molecule has 1 atom stereocenters. The molecule has 0 aromatic heterocycles. The van der Waals surface area contributed by atoms with E-state index < -0.39 is 6.10 Å². The summed E-state index contributed by atoms with van der Waals surface area (Å²) in [5, 5.41) is 18.9. The third-order valence-corrected chi connectivity index (χ3v) is 2.05. The van der Waals surface area contributed by atoms with Crippen LogP contribution in [-0.2, 0) is 6.42 Å². The lowest BCUT2D eigenvalue weighted by Gasteiger charge is -2.12.